The molecule has 0 spiro atoms. The normalized spacial score (nSPS) is 26.1. The number of rotatable bonds is 7. The largest absolute Gasteiger partial charge is 0.446 e. The predicted octanol–water partition coefficient (Wildman–Crippen LogP) is 7.41. The third kappa shape index (κ3) is 5.73. The zero-order chi connectivity index (χ0) is 27.0. The third-order valence-electron chi connectivity index (χ3n) is 10.2. The van der Waals surface area contributed by atoms with E-state index in [1.807, 2.05) is 12.1 Å². The molecule has 1 aliphatic carbocycles. The summed E-state index contributed by atoms with van der Waals surface area (Å²) >= 11 is -0.0418. The zero-order valence-electron chi connectivity index (χ0n) is 23.1. The van der Waals surface area contributed by atoms with E-state index >= 15 is 0 Å². The first-order valence-electron chi connectivity index (χ1n) is 15.0. The van der Waals surface area contributed by atoms with E-state index in [0.717, 1.165) is 50.2 Å². The van der Waals surface area contributed by atoms with Crippen molar-refractivity contribution in [3.63, 3.8) is 0 Å². The van der Waals surface area contributed by atoms with Crippen LogP contribution in [0.5, 0.6) is 0 Å². The smallest absolute Gasteiger partial charge is 0.371 e. The zero-order valence-corrected chi connectivity index (χ0v) is 24.0. The molecule has 1 saturated carbocycles. The van der Waals surface area contributed by atoms with Crippen molar-refractivity contribution in [2.75, 3.05) is 50.7 Å². The number of hydrogen-bond donors (Lipinski definition) is 0. The second-order valence-electron chi connectivity index (χ2n) is 12.4. The standard InChI is InChI=1S/C32H42F3N3S/c1-2-36-22-25-7-3-6-10-30(25)31(23-36,26-8-4-5-9-26)27-15-17-37(18-16-27)19-24-20-38(21-24)28-11-13-29(14-12-28)39-32(33,34)35/h3,6-7,10-14,24,26-27H,2,4-5,8-9,15-23H2,1H3. The molecule has 0 N–H and O–H groups in total. The molecule has 3 aliphatic heterocycles. The van der Waals surface area contributed by atoms with Crippen molar-refractivity contribution in [3.05, 3.63) is 59.7 Å². The number of nitrogens with zero attached hydrogens (tertiary/aromatic N) is 3. The molecule has 3 heterocycles. The fraction of sp³-hybridized carbons (Fsp3) is 0.625. The van der Waals surface area contributed by atoms with Crippen LogP contribution in [0.3, 0.4) is 0 Å². The van der Waals surface area contributed by atoms with Gasteiger partial charge in [-0.1, -0.05) is 44.0 Å². The van der Waals surface area contributed by atoms with Crippen LogP contribution in [0, 0.1) is 17.8 Å². The lowest BCUT2D eigenvalue weighted by molar-refractivity contribution is -0.0328. The van der Waals surface area contributed by atoms with Gasteiger partial charge in [0.1, 0.15) is 0 Å². The van der Waals surface area contributed by atoms with Crippen molar-refractivity contribution in [2.45, 2.75) is 67.8 Å². The molecule has 0 bridgehead atoms. The van der Waals surface area contributed by atoms with Gasteiger partial charge in [0, 0.05) is 54.6 Å². The quantitative estimate of drug-likeness (QED) is 0.328. The number of halogens is 3. The fourth-order valence-corrected chi connectivity index (χ4v) is 8.85. The summed E-state index contributed by atoms with van der Waals surface area (Å²) in [4.78, 5) is 7.96. The SMILES string of the molecule is CCN1Cc2ccccc2C(C2CCCC2)(C2CCN(CC3CN(c4ccc(SC(F)(F)F)cc4)C3)CC2)C1. The van der Waals surface area contributed by atoms with Gasteiger partial charge < -0.3 is 9.80 Å². The van der Waals surface area contributed by atoms with E-state index < -0.39 is 5.51 Å². The highest BCUT2D eigenvalue weighted by atomic mass is 32.2. The number of anilines is 1. The molecule has 212 valence electrons. The Balaban J connectivity index is 1.07. The van der Waals surface area contributed by atoms with E-state index in [9.17, 15) is 13.2 Å². The maximum absolute atomic E-state index is 12.6. The van der Waals surface area contributed by atoms with Gasteiger partial charge >= 0.3 is 5.51 Å². The number of likely N-dealkylation sites (tertiary alicyclic amines) is 1. The van der Waals surface area contributed by atoms with E-state index in [1.54, 1.807) is 23.3 Å². The number of benzene rings is 2. The summed E-state index contributed by atoms with van der Waals surface area (Å²) in [6, 6.07) is 16.2. The van der Waals surface area contributed by atoms with Crippen molar-refractivity contribution in [1.82, 2.24) is 9.80 Å². The van der Waals surface area contributed by atoms with Gasteiger partial charge in [0.05, 0.1) is 0 Å². The average Bonchev–Trinajstić information content (AvgIpc) is 3.46. The van der Waals surface area contributed by atoms with Gasteiger partial charge in [0.25, 0.3) is 0 Å². The Morgan fingerprint density at radius 3 is 2.21 bits per heavy atom. The summed E-state index contributed by atoms with van der Waals surface area (Å²) in [7, 11) is 0. The minimum Gasteiger partial charge on any atom is -0.371 e. The van der Waals surface area contributed by atoms with E-state index in [2.05, 4.69) is 45.9 Å². The summed E-state index contributed by atoms with van der Waals surface area (Å²) in [6.45, 7) is 11.3. The van der Waals surface area contributed by atoms with Crippen molar-refractivity contribution in [1.29, 1.82) is 0 Å². The highest BCUT2D eigenvalue weighted by molar-refractivity contribution is 8.00. The highest BCUT2D eigenvalue weighted by Crippen LogP contribution is 2.53. The molecule has 0 amide bonds. The van der Waals surface area contributed by atoms with Gasteiger partial charge in [0.15, 0.2) is 0 Å². The molecule has 3 fully saturated rings. The van der Waals surface area contributed by atoms with Crippen LogP contribution in [-0.2, 0) is 12.0 Å². The summed E-state index contributed by atoms with van der Waals surface area (Å²) in [5, 5.41) is 0. The lowest BCUT2D eigenvalue weighted by Crippen LogP contribution is -2.57. The van der Waals surface area contributed by atoms with Crippen LogP contribution in [0.15, 0.2) is 53.4 Å². The molecule has 1 unspecified atom stereocenters. The first-order valence-corrected chi connectivity index (χ1v) is 15.8. The number of thioether (sulfide) groups is 1. The molecular weight excluding hydrogens is 515 g/mol. The van der Waals surface area contributed by atoms with Crippen molar-refractivity contribution >= 4 is 17.4 Å². The molecule has 0 radical (unpaired) electrons. The molecule has 1 atom stereocenters. The molecule has 2 saturated heterocycles. The van der Waals surface area contributed by atoms with Crippen LogP contribution in [0.2, 0.25) is 0 Å². The number of likely N-dealkylation sites (N-methyl/N-ethyl adjacent to an activating group) is 1. The first-order chi connectivity index (χ1) is 18.8. The Hall–Kier alpha value is -1.70. The van der Waals surface area contributed by atoms with Crippen LogP contribution in [0.25, 0.3) is 0 Å². The van der Waals surface area contributed by atoms with Crippen LogP contribution >= 0.6 is 11.8 Å². The number of alkyl halides is 3. The fourth-order valence-electron chi connectivity index (χ4n) is 8.31. The summed E-state index contributed by atoms with van der Waals surface area (Å²) in [5.41, 5.74) is 0.348. The Labute approximate surface area is 236 Å². The maximum Gasteiger partial charge on any atom is 0.446 e. The number of fused-ring (bicyclic) bond motifs is 1. The predicted molar refractivity (Wildman–Crippen MR) is 154 cm³/mol. The van der Waals surface area contributed by atoms with Gasteiger partial charge in [-0.25, -0.2) is 0 Å². The topological polar surface area (TPSA) is 9.72 Å². The lowest BCUT2D eigenvalue weighted by Gasteiger charge is -2.54. The van der Waals surface area contributed by atoms with Gasteiger partial charge in [-0.15, -0.1) is 0 Å². The second kappa shape index (κ2) is 11.3. The first kappa shape index (κ1) is 27.5. The van der Waals surface area contributed by atoms with Crippen LogP contribution in [0.4, 0.5) is 18.9 Å². The van der Waals surface area contributed by atoms with E-state index in [4.69, 9.17) is 0 Å². The van der Waals surface area contributed by atoms with Crippen LogP contribution in [-0.4, -0.2) is 61.1 Å². The van der Waals surface area contributed by atoms with Gasteiger partial charge in [-0.2, -0.15) is 13.2 Å². The molecule has 39 heavy (non-hydrogen) atoms. The molecule has 2 aromatic carbocycles. The summed E-state index contributed by atoms with van der Waals surface area (Å²) in [5.74, 6) is 2.20. The molecular formula is C32H42F3N3S. The molecule has 7 heteroatoms. The van der Waals surface area contributed by atoms with Crippen LogP contribution < -0.4 is 4.90 Å². The Morgan fingerprint density at radius 2 is 1.54 bits per heavy atom. The lowest BCUT2D eigenvalue weighted by atomic mass is 9.57. The summed E-state index contributed by atoms with van der Waals surface area (Å²) < 4.78 is 37.9. The van der Waals surface area contributed by atoms with Crippen LogP contribution in [0.1, 0.15) is 56.6 Å². The minimum atomic E-state index is -4.23. The molecule has 0 aromatic heterocycles. The monoisotopic (exact) mass is 557 g/mol. The highest BCUT2D eigenvalue weighted by Gasteiger charge is 2.51. The van der Waals surface area contributed by atoms with E-state index in [0.29, 0.717) is 11.3 Å². The number of piperidine rings is 1. The van der Waals surface area contributed by atoms with Crippen molar-refractivity contribution in [3.8, 4) is 0 Å². The Bertz CT molecular complexity index is 1100. The van der Waals surface area contributed by atoms with E-state index in [-0.39, 0.29) is 16.7 Å². The maximum atomic E-state index is 12.6. The van der Waals surface area contributed by atoms with Gasteiger partial charge in [-0.05, 0) is 104 Å². The Morgan fingerprint density at radius 1 is 0.872 bits per heavy atom. The molecule has 6 rings (SSSR count). The molecule has 2 aromatic rings. The Kier molecular flexibility index (Phi) is 7.95. The second-order valence-corrected chi connectivity index (χ2v) is 13.5. The van der Waals surface area contributed by atoms with Crippen molar-refractivity contribution < 1.29 is 13.2 Å². The van der Waals surface area contributed by atoms with E-state index in [1.165, 1.54) is 58.2 Å². The van der Waals surface area contributed by atoms with Gasteiger partial charge in [0.2, 0.25) is 0 Å². The number of hydrogen-bond acceptors (Lipinski definition) is 4. The third-order valence-corrected chi connectivity index (χ3v) is 10.9. The molecule has 3 nitrogen and oxygen atoms in total. The summed E-state index contributed by atoms with van der Waals surface area (Å²) in [6.07, 6.45) is 8.14. The van der Waals surface area contributed by atoms with Crippen molar-refractivity contribution in [2.24, 2.45) is 17.8 Å². The average molecular weight is 558 g/mol. The van der Waals surface area contributed by atoms with Gasteiger partial charge in [-0.3, -0.25) is 4.90 Å². The minimum absolute atomic E-state index is 0.0418. The molecule has 4 aliphatic rings.